The fraction of sp³-hybridized carbons (Fsp3) is 0.538. The predicted molar refractivity (Wildman–Crippen MR) is 70.5 cm³/mol. The molecule has 0 radical (unpaired) electrons. The Kier molecular flexibility index (Phi) is 4.40. The van der Waals surface area contributed by atoms with Crippen LogP contribution in [0.15, 0.2) is 24.3 Å². The average Bonchev–Trinajstić information content (AvgIpc) is 2.32. The molecule has 1 fully saturated rings. The molecule has 1 aromatic carbocycles. The van der Waals surface area contributed by atoms with Gasteiger partial charge in [0.2, 0.25) is 0 Å². The fourth-order valence-electron chi connectivity index (χ4n) is 2.27. The second-order valence-corrected chi connectivity index (χ2v) is 5.15. The normalized spacial score (nSPS) is 26.1. The van der Waals surface area contributed by atoms with Crippen molar-refractivity contribution in [2.45, 2.75) is 18.5 Å². The standard InChI is InChI=1S/C13H19ClN2O/c1-16-8-12(15-7-13(16)9-17)6-10-2-4-11(14)5-3-10/h2-5,12-13,15,17H,6-9H2,1H3/t12?,13-/m1/s1. The van der Waals surface area contributed by atoms with Crippen LogP contribution in [0.1, 0.15) is 5.56 Å². The lowest BCUT2D eigenvalue weighted by atomic mass is 10.0. The van der Waals surface area contributed by atoms with E-state index in [1.54, 1.807) is 0 Å². The minimum atomic E-state index is 0.219. The van der Waals surface area contributed by atoms with Gasteiger partial charge in [-0.15, -0.1) is 0 Å². The number of nitrogens with one attached hydrogen (secondary N) is 1. The van der Waals surface area contributed by atoms with E-state index in [4.69, 9.17) is 11.6 Å². The van der Waals surface area contributed by atoms with Gasteiger partial charge in [0.15, 0.2) is 0 Å². The van der Waals surface area contributed by atoms with Crippen molar-refractivity contribution in [3.63, 3.8) is 0 Å². The monoisotopic (exact) mass is 254 g/mol. The third-order valence-corrected chi connectivity index (χ3v) is 3.63. The number of halogens is 1. The first-order valence-electron chi connectivity index (χ1n) is 5.98. The molecule has 17 heavy (non-hydrogen) atoms. The number of hydrogen-bond acceptors (Lipinski definition) is 3. The Hall–Kier alpha value is -0.610. The maximum atomic E-state index is 9.17. The molecule has 4 heteroatoms. The van der Waals surface area contributed by atoms with Gasteiger partial charge in [-0.25, -0.2) is 0 Å². The van der Waals surface area contributed by atoms with Crippen LogP contribution in [0.2, 0.25) is 5.02 Å². The predicted octanol–water partition coefficient (Wildman–Crippen LogP) is 1.15. The molecule has 2 N–H and O–H groups in total. The smallest absolute Gasteiger partial charge is 0.0599 e. The zero-order valence-corrected chi connectivity index (χ0v) is 10.8. The topological polar surface area (TPSA) is 35.5 Å². The summed E-state index contributed by atoms with van der Waals surface area (Å²) in [6, 6.07) is 8.70. The Bertz CT molecular complexity index is 355. The summed E-state index contributed by atoms with van der Waals surface area (Å²) in [6.07, 6.45) is 1.000. The molecule has 1 aliphatic heterocycles. The maximum absolute atomic E-state index is 9.17. The van der Waals surface area contributed by atoms with Crippen molar-refractivity contribution in [1.82, 2.24) is 10.2 Å². The molecule has 3 nitrogen and oxygen atoms in total. The van der Waals surface area contributed by atoms with Crippen LogP contribution in [0.4, 0.5) is 0 Å². The van der Waals surface area contributed by atoms with Crippen LogP contribution < -0.4 is 5.32 Å². The van der Waals surface area contributed by atoms with E-state index in [1.807, 2.05) is 12.1 Å². The number of aliphatic hydroxyl groups is 1. The van der Waals surface area contributed by atoms with Gasteiger partial charge < -0.3 is 10.4 Å². The summed E-state index contributed by atoms with van der Waals surface area (Å²) in [5.41, 5.74) is 1.29. The quantitative estimate of drug-likeness (QED) is 0.850. The third-order valence-electron chi connectivity index (χ3n) is 3.38. The van der Waals surface area contributed by atoms with Gasteiger partial charge in [0.1, 0.15) is 0 Å². The van der Waals surface area contributed by atoms with Crippen LogP contribution in [-0.2, 0) is 6.42 Å². The van der Waals surface area contributed by atoms with Crippen LogP contribution in [-0.4, -0.2) is 48.8 Å². The summed E-state index contributed by atoms with van der Waals surface area (Å²) in [5, 5.41) is 13.4. The number of hydrogen-bond donors (Lipinski definition) is 2. The minimum absolute atomic E-state index is 0.219. The van der Waals surface area contributed by atoms with Gasteiger partial charge in [-0.3, -0.25) is 4.90 Å². The Labute approximate surface area is 107 Å². The number of aliphatic hydroxyl groups excluding tert-OH is 1. The third kappa shape index (κ3) is 3.42. The summed E-state index contributed by atoms with van der Waals surface area (Å²) in [5.74, 6) is 0. The SMILES string of the molecule is CN1CC(Cc2ccc(Cl)cc2)NC[C@@H]1CO. The molecule has 0 saturated carbocycles. The van der Waals surface area contributed by atoms with Crippen LogP contribution in [0.3, 0.4) is 0 Å². The van der Waals surface area contributed by atoms with E-state index < -0.39 is 0 Å². The molecule has 0 aliphatic carbocycles. The lowest BCUT2D eigenvalue weighted by molar-refractivity contribution is 0.103. The molecule has 94 valence electrons. The summed E-state index contributed by atoms with van der Waals surface area (Å²) in [4.78, 5) is 2.22. The highest BCUT2D eigenvalue weighted by molar-refractivity contribution is 6.30. The van der Waals surface area contributed by atoms with Crippen molar-refractivity contribution in [2.24, 2.45) is 0 Å². The van der Waals surface area contributed by atoms with E-state index in [9.17, 15) is 5.11 Å². The van der Waals surface area contributed by atoms with Gasteiger partial charge in [0.05, 0.1) is 6.61 Å². The first-order chi connectivity index (χ1) is 8.19. The summed E-state index contributed by atoms with van der Waals surface area (Å²) in [7, 11) is 2.07. The molecule has 0 aromatic heterocycles. The summed E-state index contributed by atoms with van der Waals surface area (Å²) in [6.45, 7) is 2.04. The lowest BCUT2D eigenvalue weighted by Gasteiger charge is -2.37. The van der Waals surface area contributed by atoms with Gasteiger partial charge in [0, 0.05) is 30.2 Å². The number of rotatable bonds is 3. The van der Waals surface area contributed by atoms with Crippen molar-refractivity contribution < 1.29 is 5.11 Å². The molecule has 0 bridgehead atoms. The Balaban J connectivity index is 1.90. The van der Waals surface area contributed by atoms with E-state index in [2.05, 4.69) is 29.4 Å². The van der Waals surface area contributed by atoms with Crippen molar-refractivity contribution in [2.75, 3.05) is 26.7 Å². The Morgan fingerprint density at radius 3 is 2.71 bits per heavy atom. The molecule has 0 amide bonds. The number of likely N-dealkylation sites (N-methyl/N-ethyl adjacent to an activating group) is 1. The van der Waals surface area contributed by atoms with E-state index in [0.29, 0.717) is 6.04 Å². The van der Waals surface area contributed by atoms with Crippen LogP contribution in [0.5, 0.6) is 0 Å². The number of piperazine rings is 1. The second kappa shape index (κ2) is 5.83. The molecule has 2 atom stereocenters. The highest BCUT2D eigenvalue weighted by Gasteiger charge is 2.24. The fourth-order valence-corrected chi connectivity index (χ4v) is 2.39. The van der Waals surface area contributed by atoms with Gasteiger partial charge >= 0.3 is 0 Å². The molecule has 1 saturated heterocycles. The second-order valence-electron chi connectivity index (χ2n) is 4.71. The van der Waals surface area contributed by atoms with Crippen molar-refractivity contribution in [3.8, 4) is 0 Å². The molecule has 0 spiro atoms. The molecular weight excluding hydrogens is 236 g/mol. The zero-order valence-electron chi connectivity index (χ0n) is 10.1. The lowest BCUT2D eigenvalue weighted by Crippen LogP contribution is -2.56. The maximum Gasteiger partial charge on any atom is 0.0599 e. The molecule has 2 rings (SSSR count). The largest absolute Gasteiger partial charge is 0.395 e. The molecular formula is C13H19ClN2O. The van der Waals surface area contributed by atoms with Gasteiger partial charge in [-0.2, -0.15) is 0 Å². The van der Waals surface area contributed by atoms with Crippen LogP contribution >= 0.6 is 11.6 Å². The van der Waals surface area contributed by atoms with Gasteiger partial charge in [-0.05, 0) is 31.2 Å². The Morgan fingerprint density at radius 2 is 2.12 bits per heavy atom. The van der Waals surface area contributed by atoms with Gasteiger partial charge in [0.25, 0.3) is 0 Å². The highest BCUT2D eigenvalue weighted by atomic mass is 35.5. The zero-order chi connectivity index (χ0) is 12.3. The van der Waals surface area contributed by atoms with Gasteiger partial charge in [-0.1, -0.05) is 23.7 Å². The van der Waals surface area contributed by atoms with Crippen molar-refractivity contribution >= 4 is 11.6 Å². The van der Waals surface area contributed by atoms with E-state index in [0.717, 1.165) is 24.5 Å². The van der Waals surface area contributed by atoms with E-state index >= 15 is 0 Å². The first-order valence-corrected chi connectivity index (χ1v) is 6.35. The molecule has 1 aromatic rings. The summed E-state index contributed by atoms with van der Waals surface area (Å²) >= 11 is 5.86. The Morgan fingerprint density at radius 1 is 1.41 bits per heavy atom. The van der Waals surface area contributed by atoms with Crippen molar-refractivity contribution in [3.05, 3.63) is 34.9 Å². The highest BCUT2D eigenvalue weighted by Crippen LogP contribution is 2.13. The molecule has 1 aliphatic rings. The van der Waals surface area contributed by atoms with Crippen molar-refractivity contribution in [1.29, 1.82) is 0 Å². The van der Waals surface area contributed by atoms with E-state index in [1.165, 1.54) is 5.56 Å². The number of benzene rings is 1. The van der Waals surface area contributed by atoms with E-state index in [-0.39, 0.29) is 12.6 Å². The minimum Gasteiger partial charge on any atom is -0.395 e. The number of nitrogens with zero attached hydrogens (tertiary/aromatic N) is 1. The first kappa shape index (κ1) is 12.8. The van der Waals surface area contributed by atoms with Crippen LogP contribution in [0, 0.1) is 0 Å². The summed E-state index contributed by atoms with van der Waals surface area (Å²) < 4.78 is 0. The average molecular weight is 255 g/mol. The molecule has 1 heterocycles. The molecule has 1 unspecified atom stereocenters. The van der Waals surface area contributed by atoms with Crippen LogP contribution in [0.25, 0.3) is 0 Å².